The van der Waals surface area contributed by atoms with Crippen molar-refractivity contribution in [2.24, 2.45) is 5.92 Å². The van der Waals surface area contributed by atoms with E-state index >= 15 is 0 Å². The summed E-state index contributed by atoms with van der Waals surface area (Å²) in [6.45, 7) is 3.92. The van der Waals surface area contributed by atoms with Gasteiger partial charge in [-0.25, -0.2) is 8.42 Å². The molecule has 0 radical (unpaired) electrons. The number of benzene rings is 1. The minimum absolute atomic E-state index is 0.0346. The fourth-order valence-corrected chi connectivity index (χ4v) is 2.81. The van der Waals surface area contributed by atoms with Gasteiger partial charge in [-0.3, -0.25) is 4.79 Å². The molecular weight excluding hydrogens is 374 g/mol. The summed E-state index contributed by atoms with van der Waals surface area (Å²) in [6.07, 6.45) is 1.46. The van der Waals surface area contributed by atoms with Crippen LogP contribution in [-0.4, -0.2) is 45.0 Å². The molecule has 1 heterocycles. The Labute approximate surface area is 158 Å². The van der Waals surface area contributed by atoms with E-state index in [2.05, 4.69) is 15.5 Å². The maximum atomic E-state index is 12.7. The summed E-state index contributed by atoms with van der Waals surface area (Å²) in [6, 6.07) is 4.15. The topological polar surface area (TPSA) is 121 Å². The van der Waals surface area contributed by atoms with Crippen molar-refractivity contribution in [2.75, 3.05) is 20.5 Å². The molecule has 0 aliphatic rings. The summed E-state index contributed by atoms with van der Waals surface area (Å²) in [5.74, 6) is 0.752. The third-order valence-corrected chi connectivity index (χ3v) is 4.46. The second-order valence-corrected chi connectivity index (χ2v) is 8.33. The van der Waals surface area contributed by atoms with E-state index < -0.39 is 27.0 Å². The maximum Gasteiger partial charge on any atom is 0.335 e. The van der Waals surface area contributed by atoms with Crippen molar-refractivity contribution in [3.8, 4) is 11.5 Å². The molecule has 0 aliphatic heterocycles. The molecule has 0 saturated heterocycles. The van der Waals surface area contributed by atoms with Crippen LogP contribution in [0, 0.1) is 5.92 Å². The zero-order valence-electron chi connectivity index (χ0n) is 15.8. The predicted octanol–water partition coefficient (Wildman–Crippen LogP) is 2.01. The third kappa shape index (κ3) is 5.43. The van der Waals surface area contributed by atoms with Crippen LogP contribution in [-0.2, 0) is 9.84 Å². The monoisotopic (exact) mass is 397 g/mol. The van der Waals surface area contributed by atoms with Crippen molar-refractivity contribution in [1.82, 2.24) is 15.5 Å². The molecule has 2 aromatic rings. The molecule has 10 heteroatoms. The molecule has 27 heavy (non-hydrogen) atoms. The Bertz CT molecular complexity index is 885. The van der Waals surface area contributed by atoms with E-state index in [4.69, 9.17) is 13.9 Å². The predicted molar refractivity (Wildman–Crippen MR) is 96.6 cm³/mol. The minimum Gasteiger partial charge on any atom is -0.497 e. The average Bonchev–Trinajstić information content (AvgIpc) is 3.10. The molecule has 1 atom stereocenters. The lowest BCUT2D eigenvalue weighted by atomic mass is 10.0. The van der Waals surface area contributed by atoms with Crippen molar-refractivity contribution in [1.29, 1.82) is 0 Å². The number of carbonyl (C=O) groups excluding carboxylic acids is 1. The first-order valence-electron chi connectivity index (χ1n) is 8.21. The van der Waals surface area contributed by atoms with Gasteiger partial charge in [0.05, 0.1) is 14.2 Å². The number of hydrogen-bond acceptors (Lipinski definition) is 8. The zero-order valence-corrected chi connectivity index (χ0v) is 16.7. The second kappa shape index (κ2) is 8.38. The summed E-state index contributed by atoms with van der Waals surface area (Å²) in [4.78, 5) is 12.7. The van der Waals surface area contributed by atoms with Gasteiger partial charge in [-0.05, 0) is 24.5 Å². The van der Waals surface area contributed by atoms with E-state index in [1.54, 1.807) is 18.2 Å². The molecule has 0 bridgehead atoms. The molecule has 0 fully saturated rings. The Kier molecular flexibility index (Phi) is 6.42. The van der Waals surface area contributed by atoms with Crippen LogP contribution in [0.15, 0.2) is 27.8 Å². The molecule has 1 aromatic carbocycles. The lowest BCUT2D eigenvalue weighted by Crippen LogP contribution is -2.29. The highest BCUT2D eigenvalue weighted by Crippen LogP contribution is 2.25. The van der Waals surface area contributed by atoms with Crippen molar-refractivity contribution in [2.45, 2.75) is 31.5 Å². The molecule has 2 rings (SSSR count). The van der Waals surface area contributed by atoms with Crippen molar-refractivity contribution in [3.63, 3.8) is 0 Å². The number of nitrogens with one attached hydrogen (secondary N) is 1. The van der Waals surface area contributed by atoms with Crippen LogP contribution in [0.25, 0.3) is 0 Å². The molecule has 0 unspecified atom stereocenters. The number of rotatable bonds is 8. The smallest absolute Gasteiger partial charge is 0.335 e. The minimum atomic E-state index is -3.63. The Balaban J connectivity index is 2.31. The van der Waals surface area contributed by atoms with E-state index in [1.807, 2.05) is 13.8 Å². The summed E-state index contributed by atoms with van der Waals surface area (Å²) < 4.78 is 38.7. The highest BCUT2D eigenvalue weighted by Gasteiger charge is 2.25. The highest BCUT2D eigenvalue weighted by molar-refractivity contribution is 7.90. The summed E-state index contributed by atoms with van der Waals surface area (Å²) in [5, 5.41) is 9.67. The standard InChI is InChI=1S/C17H23N3O6S/c1-10(2)6-14(16-19-20-17(26-16)27(5,22)23)18-15(21)11-7-12(24-3)9-13(8-11)25-4/h7-10,14H,6H2,1-5H3,(H,18,21)/t14-/m0/s1. The molecule has 0 spiro atoms. The van der Waals surface area contributed by atoms with Gasteiger partial charge in [0.25, 0.3) is 5.91 Å². The van der Waals surface area contributed by atoms with Crippen molar-refractivity contribution >= 4 is 15.7 Å². The highest BCUT2D eigenvalue weighted by atomic mass is 32.2. The van der Waals surface area contributed by atoms with Crippen molar-refractivity contribution in [3.05, 3.63) is 29.7 Å². The second-order valence-electron chi connectivity index (χ2n) is 6.44. The number of carbonyl (C=O) groups is 1. The Morgan fingerprint density at radius 3 is 2.19 bits per heavy atom. The third-order valence-electron chi connectivity index (χ3n) is 3.66. The Morgan fingerprint density at radius 2 is 1.74 bits per heavy atom. The number of methoxy groups -OCH3 is 2. The van der Waals surface area contributed by atoms with Crippen LogP contribution in [0.5, 0.6) is 11.5 Å². The van der Waals surface area contributed by atoms with E-state index in [0.717, 1.165) is 6.26 Å². The average molecular weight is 397 g/mol. The number of amides is 1. The molecule has 148 valence electrons. The molecule has 1 aromatic heterocycles. The van der Waals surface area contributed by atoms with Crippen LogP contribution in [0.2, 0.25) is 0 Å². The van der Waals surface area contributed by atoms with Gasteiger partial charge in [0.1, 0.15) is 17.5 Å². The molecule has 9 nitrogen and oxygen atoms in total. The van der Waals surface area contributed by atoms with E-state index in [-0.39, 0.29) is 11.8 Å². The molecule has 1 amide bonds. The van der Waals surface area contributed by atoms with Gasteiger partial charge in [0.2, 0.25) is 15.7 Å². The lowest BCUT2D eigenvalue weighted by Gasteiger charge is -2.17. The number of hydrogen-bond donors (Lipinski definition) is 1. The number of sulfone groups is 1. The molecule has 0 aliphatic carbocycles. The van der Waals surface area contributed by atoms with E-state index in [0.29, 0.717) is 23.5 Å². The zero-order chi connectivity index (χ0) is 20.2. The summed E-state index contributed by atoms with van der Waals surface area (Å²) in [5.41, 5.74) is 0.322. The van der Waals surface area contributed by atoms with Gasteiger partial charge in [-0.2, -0.15) is 0 Å². The van der Waals surface area contributed by atoms with Gasteiger partial charge in [0, 0.05) is 17.9 Å². The van der Waals surface area contributed by atoms with E-state index in [1.165, 1.54) is 14.2 Å². The van der Waals surface area contributed by atoms with Crippen molar-refractivity contribution < 1.29 is 27.1 Å². The van der Waals surface area contributed by atoms with Crippen LogP contribution in [0.4, 0.5) is 0 Å². The first-order valence-corrected chi connectivity index (χ1v) is 10.1. The fourth-order valence-electron chi connectivity index (χ4n) is 2.38. The first-order chi connectivity index (χ1) is 12.6. The van der Waals surface area contributed by atoms with Gasteiger partial charge >= 0.3 is 5.22 Å². The Hall–Kier alpha value is -2.62. The van der Waals surface area contributed by atoms with Gasteiger partial charge in [-0.15, -0.1) is 5.10 Å². The summed E-state index contributed by atoms with van der Waals surface area (Å²) in [7, 11) is -0.650. The van der Waals surface area contributed by atoms with Gasteiger partial charge in [-0.1, -0.05) is 18.9 Å². The van der Waals surface area contributed by atoms with Gasteiger partial charge < -0.3 is 19.2 Å². The van der Waals surface area contributed by atoms with Crippen LogP contribution in [0.1, 0.15) is 42.6 Å². The summed E-state index contributed by atoms with van der Waals surface area (Å²) >= 11 is 0. The number of ether oxygens (including phenoxy) is 2. The normalized spacial score (nSPS) is 12.7. The van der Waals surface area contributed by atoms with Crippen LogP contribution in [0.3, 0.4) is 0 Å². The Morgan fingerprint density at radius 1 is 1.15 bits per heavy atom. The SMILES string of the molecule is COc1cc(OC)cc(C(=O)N[C@@H](CC(C)C)c2nnc(S(C)(=O)=O)o2)c1. The van der Waals surface area contributed by atoms with Gasteiger partial charge in [0.15, 0.2) is 0 Å². The number of nitrogens with zero attached hydrogens (tertiary/aromatic N) is 2. The maximum absolute atomic E-state index is 12.7. The molecule has 0 saturated carbocycles. The molecular formula is C17H23N3O6S. The van der Waals surface area contributed by atoms with Crippen LogP contribution >= 0.6 is 0 Å². The first kappa shape index (κ1) is 20.7. The van der Waals surface area contributed by atoms with Crippen LogP contribution < -0.4 is 14.8 Å². The molecule has 1 N–H and O–H groups in total. The quantitative estimate of drug-likeness (QED) is 0.718. The largest absolute Gasteiger partial charge is 0.497 e. The lowest BCUT2D eigenvalue weighted by molar-refractivity contribution is 0.0922. The fraction of sp³-hybridized carbons (Fsp3) is 0.471. The van der Waals surface area contributed by atoms with E-state index in [9.17, 15) is 13.2 Å². The number of aromatic nitrogens is 2.